The molecule has 0 spiro atoms. The van der Waals surface area contributed by atoms with Crippen LogP contribution in [0.3, 0.4) is 0 Å². The summed E-state index contributed by atoms with van der Waals surface area (Å²) in [6.07, 6.45) is 2.62. The van der Waals surface area contributed by atoms with E-state index in [9.17, 15) is 0 Å². The highest BCUT2D eigenvalue weighted by molar-refractivity contribution is 14.0. The number of likely N-dealkylation sites (N-methyl/N-ethyl adjacent to an activating group) is 1. The predicted octanol–water partition coefficient (Wildman–Crippen LogP) is 2.21. The zero-order valence-electron chi connectivity index (χ0n) is 14.9. The first-order valence-corrected chi connectivity index (χ1v) is 8.01. The van der Waals surface area contributed by atoms with Crippen LogP contribution in [0, 0.1) is 0 Å². The predicted molar refractivity (Wildman–Crippen MR) is 109 cm³/mol. The summed E-state index contributed by atoms with van der Waals surface area (Å²) in [7, 11) is 5.41. The Morgan fingerprint density at radius 2 is 2.00 bits per heavy atom. The number of rotatable bonds is 8. The summed E-state index contributed by atoms with van der Waals surface area (Å²) in [5.74, 6) is 1.88. The number of methoxy groups -OCH3 is 2. The van der Waals surface area contributed by atoms with Gasteiger partial charge >= 0.3 is 0 Å². The maximum Gasteiger partial charge on any atom is 0.188 e. The number of nitrogens with zero attached hydrogens (tertiary/aromatic N) is 2. The van der Waals surface area contributed by atoms with Crippen LogP contribution in [0.2, 0.25) is 0 Å². The monoisotopic (exact) mass is 448 g/mol. The van der Waals surface area contributed by atoms with E-state index in [1.54, 1.807) is 14.2 Å². The molecule has 0 aromatic heterocycles. The van der Waals surface area contributed by atoms with Crippen molar-refractivity contribution < 1.29 is 9.47 Å². The molecule has 1 aliphatic carbocycles. The number of nitrogens with two attached hydrogens (primary N) is 1. The minimum Gasteiger partial charge on any atom is -0.493 e. The highest BCUT2D eigenvalue weighted by atomic mass is 127. The van der Waals surface area contributed by atoms with Gasteiger partial charge in [0.05, 0.1) is 20.8 Å². The van der Waals surface area contributed by atoms with Gasteiger partial charge in [0.15, 0.2) is 17.5 Å². The van der Waals surface area contributed by atoms with E-state index < -0.39 is 0 Å². The van der Waals surface area contributed by atoms with Crippen LogP contribution in [0.25, 0.3) is 0 Å². The van der Waals surface area contributed by atoms with E-state index in [4.69, 9.17) is 15.2 Å². The molecule has 3 N–H and O–H groups in total. The highest BCUT2D eigenvalue weighted by Gasteiger charge is 2.28. The van der Waals surface area contributed by atoms with Crippen molar-refractivity contribution in [3.8, 4) is 11.5 Å². The third-order valence-electron chi connectivity index (χ3n) is 4.28. The first-order chi connectivity index (χ1) is 11.0. The van der Waals surface area contributed by atoms with Crippen molar-refractivity contribution in [2.75, 3.05) is 27.8 Å². The topological polar surface area (TPSA) is 72.1 Å². The molecule has 2 rings (SSSR count). The van der Waals surface area contributed by atoms with E-state index >= 15 is 0 Å². The van der Waals surface area contributed by atoms with Crippen LogP contribution in [0.5, 0.6) is 11.5 Å². The van der Waals surface area contributed by atoms with Crippen molar-refractivity contribution in [2.24, 2.45) is 10.7 Å². The van der Waals surface area contributed by atoms with Gasteiger partial charge in [-0.3, -0.25) is 4.90 Å². The van der Waals surface area contributed by atoms with Gasteiger partial charge < -0.3 is 20.5 Å². The average molecular weight is 448 g/mol. The molecular formula is C17H29IN4O2. The van der Waals surface area contributed by atoms with Gasteiger partial charge in [-0.1, -0.05) is 6.07 Å². The van der Waals surface area contributed by atoms with Crippen LogP contribution < -0.4 is 20.5 Å². The van der Waals surface area contributed by atoms with E-state index in [-0.39, 0.29) is 24.0 Å². The van der Waals surface area contributed by atoms with Crippen LogP contribution in [-0.2, 0) is 6.54 Å². The van der Waals surface area contributed by atoms with Gasteiger partial charge in [0, 0.05) is 18.6 Å². The third kappa shape index (κ3) is 6.01. The number of hydrogen-bond acceptors (Lipinski definition) is 4. The van der Waals surface area contributed by atoms with Crippen molar-refractivity contribution in [3.05, 3.63) is 23.8 Å². The summed E-state index contributed by atoms with van der Waals surface area (Å²) < 4.78 is 10.5. The Kier molecular flexibility index (Phi) is 8.61. The fourth-order valence-corrected chi connectivity index (χ4v) is 2.45. The molecule has 1 unspecified atom stereocenters. The molecule has 1 aromatic rings. The molecule has 0 aliphatic heterocycles. The van der Waals surface area contributed by atoms with Gasteiger partial charge in [0.2, 0.25) is 0 Å². The summed E-state index contributed by atoms with van der Waals surface area (Å²) >= 11 is 0. The van der Waals surface area contributed by atoms with Crippen molar-refractivity contribution in [1.82, 2.24) is 10.2 Å². The number of ether oxygens (including phenoxy) is 2. The molecule has 136 valence electrons. The lowest BCUT2D eigenvalue weighted by atomic mass is 10.2. The summed E-state index contributed by atoms with van der Waals surface area (Å²) in [6.45, 7) is 3.51. The number of benzene rings is 1. The molecule has 1 aromatic carbocycles. The lowest BCUT2D eigenvalue weighted by molar-refractivity contribution is 0.248. The minimum atomic E-state index is 0. The largest absolute Gasteiger partial charge is 0.493 e. The molecule has 0 heterocycles. The fourth-order valence-electron chi connectivity index (χ4n) is 2.45. The van der Waals surface area contributed by atoms with Gasteiger partial charge in [0.1, 0.15) is 0 Å². The number of guanidine groups is 1. The lowest BCUT2D eigenvalue weighted by Gasteiger charge is -2.24. The molecule has 0 saturated heterocycles. The Morgan fingerprint density at radius 1 is 1.33 bits per heavy atom. The van der Waals surface area contributed by atoms with Crippen LogP contribution >= 0.6 is 24.0 Å². The first-order valence-electron chi connectivity index (χ1n) is 8.01. The Labute approximate surface area is 161 Å². The van der Waals surface area contributed by atoms with E-state index in [1.807, 2.05) is 18.2 Å². The van der Waals surface area contributed by atoms with Crippen LogP contribution in [0.1, 0.15) is 25.3 Å². The SMILES string of the molecule is COc1ccc(CN=C(N)NCC(C)N(C)C2CC2)cc1OC.I. The third-order valence-corrected chi connectivity index (χ3v) is 4.28. The number of hydrogen-bond donors (Lipinski definition) is 2. The number of nitrogens with one attached hydrogen (secondary N) is 1. The van der Waals surface area contributed by atoms with Gasteiger partial charge in [-0.25, -0.2) is 4.99 Å². The van der Waals surface area contributed by atoms with E-state index in [1.165, 1.54) is 12.8 Å². The van der Waals surface area contributed by atoms with Gasteiger partial charge in [-0.15, -0.1) is 24.0 Å². The Bertz CT molecular complexity index is 549. The molecule has 1 saturated carbocycles. The quantitative estimate of drug-likeness (QED) is 0.363. The van der Waals surface area contributed by atoms with Gasteiger partial charge in [0.25, 0.3) is 0 Å². The molecule has 1 atom stereocenters. The Balaban J connectivity index is 0.00000288. The maximum atomic E-state index is 5.95. The second-order valence-corrected chi connectivity index (χ2v) is 6.02. The number of aliphatic imine (C=N–C) groups is 1. The molecule has 1 aliphatic rings. The zero-order valence-corrected chi connectivity index (χ0v) is 17.2. The van der Waals surface area contributed by atoms with Crippen molar-refractivity contribution >= 4 is 29.9 Å². The standard InChI is InChI=1S/C17H28N4O2.HI/c1-12(21(2)14-6-7-14)10-19-17(18)20-11-13-5-8-15(22-3)16(9-13)23-4;/h5,8-9,12,14H,6-7,10-11H2,1-4H3,(H3,18,19,20);1H. The summed E-state index contributed by atoms with van der Waals surface area (Å²) in [5.41, 5.74) is 6.98. The first kappa shape index (κ1) is 20.8. The summed E-state index contributed by atoms with van der Waals surface area (Å²) in [5, 5.41) is 3.20. The molecule has 0 bridgehead atoms. The second-order valence-electron chi connectivity index (χ2n) is 6.02. The van der Waals surface area contributed by atoms with Crippen molar-refractivity contribution in [1.29, 1.82) is 0 Å². The fraction of sp³-hybridized carbons (Fsp3) is 0.588. The normalized spacial score (nSPS) is 15.6. The molecule has 7 heteroatoms. The van der Waals surface area contributed by atoms with Crippen molar-refractivity contribution in [2.45, 2.75) is 38.4 Å². The van der Waals surface area contributed by atoms with Crippen LogP contribution in [0.4, 0.5) is 0 Å². The van der Waals surface area contributed by atoms with Crippen molar-refractivity contribution in [3.63, 3.8) is 0 Å². The smallest absolute Gasteiger partial charge is 0.188 e. The minimum absolute atomic E-state index is 0. The highest BCUT2D eigenvalue weighted by Crippen LogP contribution is 2.28. The summed E-state index contributed by atoms with van der Waals surface area (Å²) in [4.78, 5) is 6.78. The molecule has 1 fully saturated rings. The van der Waals surface area contributed by atoms with Gasteiger partial charge in [-0.2, -0.15) is 0 Å². The van der Waals surface area contributed by atoms with E-state index in [0.717, 1.165) is 18.2 Å². The molecule has 0 amide bonds. The number of halogens is 1. The molecule has 0 radical (unpaired) electrons. The zero-order chi connectivity index (χ0) is 16.8. The molecule has 6 nitrogen and oxygen atoms in total. The maximum absolute atomic E-state index is 5.95. The summed E-state index contributed by atoms with van der Waals surface area (Å²) in [6, 6.07) is 6.94. The van der Waals surface area contributed by atoms with Gasteiger partial charge in [-0.05, 0) is 44.5 Å². The Morgan fingerprint density at radius 3 is 2.58 bits per heavy atom. The Hall–Kier alpha value is -1.22. The van der Waals surface area contributed by atoms with E-state index in [0.29, 0.717) is 30.0 Å². The average Bonchev–Trinajstić information content (AvgIpc) is 3.41. The second kappa shape index (κ2) is 9.93. The molecular weight excluding hydrogens is 419 g/mol. The van der Waals surface area contributed by atoms with E-state index in [2.05, 4.69) is 29.2 Å². The molecule has 24 heavy (non-hydrogen) atoms. The van der Waals surface area contributed by atoms with Crippen LogP contribution in [-0.4, -0.2) is 50.8 Å². The van der Waals surface area contributed by atoms with Crippen LogP contribution in [0.15, 0.2) is 23.2 Å². The lowest BCUT2D eigenvalue weighted by Crippen LogP contribution is -2.43.